The molecule has 0 heterocycles. The van der Waals surface area contributed by atoms with Gasteiger partial charge < -0.3 is 19.1 Å². The summed E-state index contributed by atoms with van der Waals surface area (Å²) in [6, 6.07) is 0. The maximum atomic E-state index is 12.1. The summed E-state index contributed by atoms with van der Waals surface area (Å²) in [6.45, 7) is 5.14. The van der Waals surface area contributed by atoms with Crippen LogP contribution in [0.1, 0.15) is 123 Å². The number of nitrogens with zero attached hydrogens (tertiary/aromatic N) is 1. The predicted octanol–water partition coefficient (Wildman–Crippen LogP) is 5.64. The molecule has 0 rings (SSSR count). The Kier molecular flexibility index (Phi) is 18.7. The molecule has 0 aliphatic carbocycles. The molecule has 0 saturated carbocycles. The van der Waals surface area contributed by atoms with E-state index in [4.69, 9.17) is 4.74 Å². The molecule has 0 aromatic carbocycles. The minimum atomic E-state index is -1.17. The fourth-order valence-electron chi connectivity index (χ4n) is 4.25. The molecule has 0 aliphatic rings. The van der Waals surface area contributed by atoms with Gasteiger partial charge in [0.15, 0.2) is 6.10 Å². The summed E-state index contributed by atoms with van der Waals surface area (Å²) in [5.74, 6) is -0.613. The summed E-state index contributed by atoms with van der Waals surface area (Å²) in [5, 5.41) is 10.9. The van der Waals surface area contributed by atoms with Crippen molar-refractivity contribution in [2.45, 2.75) is 129 Å². The molecular weight excluding hydrogens is 402 g/mol. The number of hydrogen-bond donors (Lipinski definition) is 0. The molecule has 0 aromatic rings. The minimum Gasteiger partial charge on any atom is -0.550 e. The minimum absolute atomic E-state index is 0.237. The molecule has 0 amide bonds. The number of likely N-dealkylation sites (N-methyl/N-ethyl adjacent to an activating group) is 1. The molecule has 5 nitrogen and oxygen atoms in total. The molecule has 2 unspecified atom stereocenters. The van der Waals surface area contributed by atoms with E-state index < -0.39 is 12.1 Å². The summed E-state index contributed by atoms with van der Waals surface area (Å²) >= 11 is 0. The van der Waals surface area contributed by atoms with Crippen molar-refractivity contribution in [1.29, 1.82) is 0 Å². The van der Waals surface area contributed by atoms with E-state index in [0.717, 1.165) is 25.2 Å². The number of carbonyl (C=O) groups is 2. The van der Waals surface area contributed by atoms with Crippen LogP contribution in [0.2, 0.25) is 0 Å². The average Bonchev–Trinajstić information content (AvgIpc) is 2.67. The van der Waals surface area contributed by atoms with E-state index in [1.807, 2.05) is 21.1 Å². The first kappa shape index (κ1) is 30.9. The molecule has 0 spiro atoms. The molecule has 0 N–H and O–H groups in total. The number of ether oxygens (including phenoxy) is 1. The fourth-order valence-corrected chi connectivity index (χ4v) is 4.25. The molecule has 0 radical (unpaired) electrons. The number of carboxylic acid groups (broad SMARTS) is 1. The number of carbonyl (C=O) groups excluding carboxylic acids is 2. The molecular formula is C27H53NO4. The first-order valence-corrected chi connectivity index (χ1v) is 13.3. The van der Waals surface area contributed by atoms with Gasteiger partial charge in [-0.1, -0.05) is 104 Å². The van der Waals surface area contributed by atoms with E-state index in [9.17, 15) is 14.7 Å². The van der Waals surface area contributed by atoms with E-state index in [1.54, 1.807) is 0 Å². The SMILES string of the molecule is CCCCCCCCCC(C)CCCCCCCCC(=O)OC(CC(=O)[O-])C[N+](C)(C)C. The van der Waals surface area contributed by atoms with Crippen LogP contribution in [0.25, 0.3) is 0 Å². The monoisotopic (exact) mass is 455 g/mol. The van der Waals surface area contributed by atoms with Crippen molar-refractivity contribution in [3.8, 4) is 0 Å². The molecule has 0 aromatic heterocycles. The van der Waals surface area contributed by atoms with Crippen molar-refractivity contribution in [1.82, 2.24) is 0 Å². The number of unbranched alkanes of at least 4 members (excludes halogenated alkanes) is 11. The molecule has 0 aliphatic heterocycles. The van der Waals surface area contributed by atoms with Crippen LogP contribution < -0.4 is 5.11 Å². The lowest BCUT2D eigenvalue weighted by molar-refractivity contribution is -0.873. The number of quaternary nitrogens is 1. The van der Waals surface area contributed by atoms with E-state index in [2.05, 4.69) is 13.8 Å². The van der Waals surface area contributed by atoms with Gasteiger partial charge in [-0.15, -0.1) is 0 Å². The van der Waals surface area contributed by atoms with Crippen LogP contribution in [-0.4, -0.2) is 50.2 Å². The number of aliphatic carboxylic acids is 1. The standard InChI is InChI=1S/C27H53NO4/c1-6-7-8-9-10-13-16-19-24(2)20-17-14-11-12-15-18-21-27(31)32-25(22-26(29)30)23-28(3,4)5/h24-25H,6-23H2,1-5H3. The van der Waals surface area contributed by atoms with Gasteiger partial charge in [-0.05, 0) is 12.3 Å². The van der Waals surface area contributed by atoms with E-state index in [-0.39, 0.29) is 12.4 Å². The Hall–Kier alpha value is -1.10. The number of carboxylic acids is 1. The maximum absolute atomic E-state index is 12.1. The summed E-state index contributed by atoms with van der Waals surface area (Å²) in [5.41, 5.74) is 0. The van der Waals surface area contributed by atoms with Crippen LogP contribution in [0.5, 0.6) is 0 Å². The van der Waals surface area contributed by atoms with Gasteiger partial charge in [0.1, 0.15) is 6.54 Å². The first-order chi connectivity index (χ1) is 15.1. The van der Waals surface area contributed by atoms with E-state index >= 15 is 0 Å². The Balaban J connectivity index is 3.65. The second-order valence-electron chi connectivity index (χ2n) is 10.8. The van der Waals surface area contributed by atoms with Crippen LogP contribution in [-0.2, 0) is 14.3 Å². The molecule has 0 bridgehead atoms. The number of hydrogen-bond acceptors (Lipinski definition) is 4. The molecule has 0 saturated heterocycles. The Morgan fingerprint density at radius 2 is 1.25 bits per heavy atom. The van der Waals surface area contributed by atoms with Crippen LogP contribution >= 0.6 is 0 Å². The highest BCUT2D eigenvalue weighted by atomic mass is 16.5. The Labute approximate surface area is 198 Å². The van der Waals surface area contributed by atoms with Crippen molar-refractivity contribution in [3.05, 3.63) is 0 Å². The Morgan fingerprint density at radius 1 is 0.781 bits per heavy atom. The van der Waals surface area contributed by atoms with Gasteiger partial charge in [0.25, 0.3) is 0 Å². The van der Waals surface area contributed by atoms with Crippen molar-refractivity contribution in [3.63, 3.8) is 0 Å². The maximum Gasteiger partial charge on any atom is 0.306 e. The van der Waals surface area contributed by atoms with Crippen molar-refractivity contribution < 1.29 is 23.9 Å². The lowest BCUT2D eigenvalue weighted by atomic mass is 9.96. The quantitative estimate of drug-likeness (QED) is 0.120. The summed E-state index contributed by atoms with van der Waals surface area (Å²) < 4.78 is 5.94. The molecule has 32 heavy (non-hydrogen) atoms. The summed E-state index contributed by atoms with van der Waals surface area (Å²) in [4.78, 5) is 23.0. The lowest BCUT2D eigenvalue weighted by Gasteiger charge is -2.29. The smallest absolute Gasteiger partial charge is 0.306 e. The zero-order valence-electron chi connectivity index (χ0n) is 22.0. The fraction of sp³-hybridized carbons (Fsp3) is 0.926. The summed E-state index contributed by atoms with van der Waals surface area (Å²) in [7, 11) is 5.85. The first-order valence-electron chi connectivity index (χ1n) is 13.3. The van der Waals surface area contributed by atoms with Crippen molar-refractivity contribution >= 4 is 11.9 Å². The predicted molar refractivity (Wildman–Crippen MR) is 131 cm³/mol. The second-order valence-corrected chi connectivity index (χ2v) is 10.8. The highest BCUT2D eigenvalue weighted by molar-refractivity contribution is 5.70. The highest BCUT2D eigenvalue weighted by Crippen LogP contribution is 2.19. The van der Waals surface area contributed by atoms with Crippen LogP contribution in [0, 0.1) is 5.92 Å². The molecule has 0 fully saturated rings. The Bertz CT molecular complexity index is 473. The van der Waals surface area contributed by atoms with Gasteiger partial charge in [-0.3, -0.25) is 4.79 Å². The van der Waals surface area contributed by atoms with Crippen LogP contribution in [0.3, 0.4) is 0 Å². The Morgan fingerprint density at radius 3 is 1.72 bits per heavy atom. The van der Waals surface area contributed by atoms with Gasteiger partial charge >= 0.3 is 5.97 Å². The van der Waals surface area contributed by atoms with E-state index in [0.29, 0.717) is 17.4 Å². The van der Waals surface area contributed by atoms with Gasteiger partial charge in [0, 0.05) is 18.8 Å². The lowest BCUT2D eigenvalue weighted by Crippen LogP contribution is -2.45. The number of esters is 1. The highest BCUT2D eigenvalue weighted by Gasteiger charge is 2.22. The third-order valence-corrected chi connectivity index (χ3v) is 6.07. The van der Waals surface area contributed by atoms with Crippen LogP contribution in [0.4, 0.5) is 0 Å². The molecule has 2 atom stereocenters. The van der Waals surface area contributed by atoms with Crippen LogP contribution in [0.15, 0.2) is 0 Å². The van der Waals surface area contributed by atoms with Crippen molar-refractivity contribution in [2.24, 2.45) is 5.92 Å². The summed E-state index contributed by atoms with van der Waals surface area (Å²) in [6.07, 6.45) is 18.8. The molecule has 5 heteroatoms. The normalized spacial score (nSPS) is 13.7. The zero-order chi connectivity index (χ0) is 24.2. The third-order valence-electron chi connectivity index (χ3n) is 6.07. The molecule has 190 valence electrons. The third kappa shape index (κ3) is 22.1. The van der Waals surface area contributed by atoms with Crippen molar-refractivity contribution in [2.75, 3.05) is 27.7 Å². The van der Waals surface area contributed by atoms with Gasteiger partial charge in [-0.2, -0.15) is 0 Å². The zero-order valence-corrected chi connectivity index (χ0v) is 22.0. The van der Waals surface area contributed by atoms with E-state index in [1.165, 1.54) is 77.0 Å². The largest absolute Gasteiger partial charge is 0.550 e. The number of rotatable bonds is 22. The average molecular weight is 456 g/mol. The van der Waals surface area contributed by atoms with Gasteiger partial charge in [-0.25, -0.2) is 0 Å². The topological polar surface area (TPSA) is 66.4 Å². The van der Waals surface area contributed by atoms with Gasteiger partial charge in [0.2, 0.25) is 0 Å². The van der Waals surface area contributed by atoms with Gasteiger partial charge in [0.05, 0.1) is 21.1 Å². The second kappa shape index (κ2) is 19.4.